The van der Waals surface area contributed by atoms with E-state index in [-0.39, 0.29) is 5.91 Å². The minimum absolute atomic E-state index is 0.210. The van der Waals surface area contributed by atoms with Crippen molar-refractivity contribution in [3.63, 3.8) is 0 Å². The van der Waals surface area contributed by atoms with Gasteiger partial charge in [-0.15, -0.1) is 0 Å². The molecular formula is C9H15NO. The van der Waals surface area contributed by atoms with E-state index in [0.717, 1.165) is 19.4 Å². The number of nitrogens with one attached hydrogen (secondary N) is 1. The maximum absolute atomic E-state index is 10.8. The number of hydrogen-bond donors (Lipinski definition) is 1. The summed E-state index contributed by atoms with van der Waals surface area (Å²) < 4.78 is 0. The molecule has 2 heteroatoms. The average Bonchev–Trinajstić information content (AvgIpc) is 2.04. The monoisotopic (exact) mass is 153 g/mol. The SMILES string of the molecule is C/C=C/CC1CCC(=O)NC1. The van der Waals surface area contributed by atoms with Gasteiger partial charge in [0.15, 0.2) is 0 Å². The third kappa shape index (κ3) is 2.74. The van der Waals surface area contributed by atoms with Crippen LogP contribution < -0.4 is 5.32 Å². The van der Waals surface area contributed by atoms with Crippen LogP contribution in [0, 0.1) is 5.92 Å². The Bertz CT molecular complexity index is 153. The molecule has 11 heavy (non-hydrogen) atoms. The zero-order valence-electron chi connectivity index (χ0n) is 6.97. The molecule has 62 valence electrons. The molecule has 0 bridgehead atoms. The highest BCUT2D eigenvalue weighted by atomic mass is 16.1. The second-order valence-electron chi connectivity index (χ2n) is 3.01. The van der Waals surface area contributed by atoms with E-state index in [2.05, 4.69) is 17.5 Å². The van der Waals surface area contributed by atoms with E-state index >= 15 is 0 Å². The Morgan fingerprint density at radius 3 is 3.09 bits per heavy atom. The minimum atomic E-state index is 0.210. The molecule has 1 atom stereocenters. The summed E-state index contributed by atoms with van der Waals surface area (Å²) in [6.07, 6.45) is 7.10. The van der Waals surface area contributed by atoms with E-state index < -0.39 is 0 Å². The lowest BCUT2D eigenvalue weighted by molar-refractivity contribution is -0.122. The predicted octanol–water partition coefficient (Wildman–Crippen LogP) is 1.48. The number of hydrogen-bond acceptors (Lipinski definition) is 1. The Morgan fingerprint density at radius 1 is 1.73 bits per heavy atom. The van der Waals surface area contributed by atoms with Gasteiger partial charge in [-0.1, -0.05) is 12.2 Å². The van der Waals surface area contributed by atoms with E-state index in [0.29, 0.717) is 12.3 Å². The number of piperidine rings is 1. The van der Waals surface area contributed by atoms with Gasteiger partial charge in [-0.3, -0.25) is 4.79 Å². The molecule has 1 unspecified atom stereocenters. The van der Waals surface area contributed by atoms with Gasteiger partial charge in [0.05, 0.1) is 0 Å². The number of amides is 1. The minimum Gasteiger partial charge on any atom is -0.356 e. The van der Waals surface area contributed by atoms with Gasteiger partial charge in [-0.05, 0) is 25.7 Å². The lowest BCUT2D eigenvalue weighted by atomic mass is 9.96. The Balaban J connectivity index is 2.22. The molecule has 0 aromatic rings. The van der Waals surface area contributed by atoms with Gasteiger partial charge in [0.1, 0.15) is 0 Å². The Morgan fingerprint density at radius 2 is 2.55 bits per heavy atom. The van der Waals surface area contributed by atoms with Crippen LogP contribution in [0.2, 0.25) is 0 Å². The number of allylic oxidation sites excluding steroid dienone is 2. The molecule has 0 radical (unpaired) electrons. The van der Waals surface area contributed by atoms with E-state index in [1.807, 2.05) is 6.92 Å². The molecular weight excluding hydrogens is 138 g/mol. The van der Waals surface area contributed by atoms with Crippen molar-refractivity contribution in [3.8, 4) is 0 Å². The highest BCUT2D eigenvalue weighted by Crippen LogP contribution is 2.14. The molecule has 0 aromatic carbocycles. The molecule has 0 spiro atoms. The van der Waals surface area contributed by atoms with E-state index in [9.17, 15) is 4.79 Å². The molecule has 1 fully saturated rings. The van der Waals surface area contributed by atoms with E-state index in [4.69, 9.17) is 0 Å². The summed E-state index contributed by atoms with van der Waals surface area (Å²) in [5, 5.41) is 2.87. The van der Waals surface area contributed by atoms with Crippen molar-refractivity contribution < 1.29 is 4.79 Å². The summed E-state index contributed by atoms with van der Waals surface area (Å²) in [6, 6.07) is 0. The maximum Gasteiger partial charge on any atom is 0.220 e. The summed E-state index contributed by atoms with van der Waals surface area (Å²) in [4.78, 5) is 10.8. The van der Waals surface area contributed by atoms with Crippen molar-refractivity contribution in [3.05, 3.63) is 12.2 Å². The van der Waals surface area contributed by atoms with Crippen LogP contribution in [0.15, 0.2) is 12.2 Å². The second-order valence-corrected chi connectivity index (χ2v) is 3.01. The van der Waals surface area contributed by atoms with Gasteiger partial charge in [-0.2, -0.15) is 0 Å². The first-order chi connectivity index (χ1) is 5.33. The van der Waals surface area contributed by atoms with E-state index in [1.165, 1.54) is 0 Å². The molecule has 1 N–H and O–H groups in total. The van der Waals surface area contributed by atoms with Gasteiger partial charge in [0, 0.05) is 13.0 Å². The van der Waals surface area contributed by atoms with Crippen molar-refractivity contribution in [1.29, 1.82) is 0 Å². The second kappa shape index (κ2) is 4.16. The average molecular weight is 153 g/mol. The van der Waals surface area contributed by atoms with Gasteiger partial charge in [-0.25, -0.2) is 0 Å². The molecule has 1 aliphatic rings. The number of carbonyl (C=O) groups is 1. The standard InChI is InChI=1S/C9H15NO/c1-2-3-4-8-5-6-9(11)10-7-8/h2-3,8H,4-7H2,1H3,(H,10,11)/b3-2+. The summed E-state index contributed by atoms with van der Waals surface area (Å²) in [5.41, 5.74) is 0. The third-order valence-electron chi connectivity index (χ3n) is 2.07. The molecule has 0 aliphatic carbocycles. The first kappa shape index (κ1) is 8.31. The van der Waals surface area contributed by atoms with Crippen molar-refractivity contribution in [2.24, 2.45) is 5.92 Å². The van der Waals surface area contributed by atoms with Crippen LogP contribution in [-0.2, 0) is 4.79 Å². The lowest BCUT2D eigenvalue weighted by Crippen LogP contribution is -2.34. The first-order valence-corrected chi connectivity index (χ1v) is 4.20. The van der Waals surface area contributed by atoms with Crippen LogP contribution in [0.1, 0.15) is 26.2 Å². The molecule has 2 nitrogen and oxygen atoms in total. The zero-order chi connectivity index (χ0) is 8.10. The fourth-order valence-electron chi connectivity index (χ4n) is 1.31. The molecule has 0 saturated carbocycles. The predicted molar refractivity (Wildman–Crippen MR) is 45.2 cm³/mol. The van der Waals surface area contributed by atoms with Crippen LogP contribution in [0.25, 0.3) is 0 Å². The highest BCUT2D eigenvalue weighted by molar-refractivity contribution is 5.76. The van der Waals surface area contributed by atoms with Crippen molar-refractivity contribution in [2.75, 3.05) is 6.54 Å². The summed E-state index contributed by atoms with van der Waals surface area (Å²) >= 11 is 0. The Labute approximate surface area is 67.7 Å². The van der Waals surface area contributed by atoms with Gasteiger partial charge < -0.3 is 5.32 Å². The number of rotatable bonds is 2. The molecule has 1 saturated heterocycles. The van der Waals surface area contributed by atoms with E-state index in [1.54, 1.807) is 0 Å². The molecule has 0 aromatic heterocycles. The third-order valence-corrected chi connectivity index (χ3v) is 2.07. The van der Waals surface area contributed by atoms with Crippen LogP contribution in [-0.4, -0.2) is 12.5 Å². The normalized spacial score (nSPS) is 25.5. The van der Waals surface area contributed by atoms with Gasteiger partial charge in [0.2, 0.25) is 5.91 Å². The molecule has 1 amide bonds. The van der Waals surface area contributed by atoms with Crippen LogP contribution in [0.4, 0.5) is 0 Å². The quantitative estimate of drug-likeness (QED) is 0.598. The molecule has 1 heterocycles. The summed E-state index contributed by atoms with van der Waals surface area (Å²) in [7, 11) is 0. The highest BCUT2D eigenvalue weighted by Gasteiger charge is 2.15. The summed E-state index contributed by atoms with van der Waals surface area (Å²) in [5.74, 6) is 0.880. The van der Waals surface area contributed by atoms with Gasteiger partial charge in [0.25, 0.3) is 0 Å². The first-order valence-electron chi connectivity index (χ1n) is 4.20. The molecule has 1 rings (SSSR count). The van der Waals surface area contributed by atoms with Crippen molar-refractivity contribution in [2.45, 2.75) is 26.2 Å². The maximum atomic E-state index is 10.8. The molecule has 1 aliphatic heterocycles. The summed E-state index contributed by atoms with van der Waals surface area (Å²) in [6.45, 7) is 2.89. The van der Waals surface area contributed by atoms with Crippen LogP contribution in [0.3, 0.4) is 0 Å². The van der Waals surface area contributed by atoms with Gasteiger partial charge >= 0.3 is 0 Å². The Kier molecular flexibility index (Phi) is 3.14. The zero-order valence-corrected chi connectivity index (χ0v) is 6.97. The van der Waals surface area contributed by atoms with Crippen LogP contribution in [0.5, 0.6) is 0 Å². The number of carbonyl (C=O) groups excluding carboxylic acids is 1. The largest absolute Gasteiger partial charge is 0.356 e. The van der Waals surface area contributed by atoms with Crippen molar-refractivity contribution >= 4 is 5.91 Å². The Hall–Kier alpha value is -0.790. The lowest BCUT2D eigenvalue weighted by Gasteiger charge is -2.20. The fourth-order valence-corrected chi connectivity index (χ4v) is 1.31. The topological polar surface area (TPSA) is 29.1 Å². The smallest absolute Gasteiger partial charge is 0.220 e. The van der Waals surface area contributed by atoms with Crippen molar-refractivity contribution in [1.82, 2.24) is 5.32 Å². The van der Waals surface area contributed by atoms with Crippen LogP contribution >= 0.6 is 0 Å². The fraction of sp³-hybridized carbons (Fsp3) is 0.667.